The van der Waals surface area contributed by atoms with Gasteiger partial charge in [0.1, 0.15) is 6.07 Å². The summed E-state index contributed by atoms with van der Waals surface area (Å²) >= 11 is 0. The number of pyridine rings is 1. The third kappa shape index (κ3) is 2.93. The highest BCUT2D eigenvalue weighted by Gasteiger charge is 2.12. The fourth-order valence-electron chi connectivity index (χ4n) is 1.16. The first-order chi connectivity index (χ1) is 7.19. The Kier molecular flexibility index (Phi) is 4.07. The largest absolute Gasteiger partial charge is 0.396 e. The summed E-state index contributed by atoms with van der Waals surface area (Å²) in [5.41, 5.74) is 1.10. The van der Waals surface area contributed by atoms with Crippen LogP contribution in [-0.4, -0.2) is 22.7 Å². The van der Waals surface area contributed by atoms with Crippen LogP contribution in [0.2, 0.25) is 0 Å². The lowest BCUT2D eigenvalue weighted by atomic mass is 10.0. The van der Waals surface area contributed by atoms with Crippen molar-refractivity contribution in [1.29, 1.82) is 5.26 Å². The van der Waals surface area contributed by atoms with Crippen LogP contribution in [0.3, 0.4) is 0 Å². The summed E-state index contributed by atoms with van der Waals surface area (Å²) in [5.74, 6) is 0.136. The molecule has 1 rings (SSSR count). The Labute approximate surface area is 89.6 Å². The van der Waals surface area contributed by atoms with Crippen LogP contribution in [0.5, 0.6) is 0 Å². The van der Waals surface area contributed by atoms with Crippen LogP contribution in [-0.2, 0) is 0 Å². The van der Waals surface area contributed by atoms with Crippen molar-refractivity contribution in [1.82, 2.24) is 4.98 Å². The molecule has 4 heteroatoms. The van der Waals surface area contributed by atoms with E-state index in [1.807, 2.05) is 26.0 Å². The Bertz CT molecular complexity index is 359. The predicted molar refractivity (Wildman–Crippen MR) is 58.3 cm³/mol. The highest BCUT2D eigenvalue weighted by molar-refractivity contribution is 5.53. The average Bonchev–Trinajstić information content (AvgIpc) is 2.28. The van der Waals surface area contributed by atoms with E-state index < -0.39 is 0 Å². The third-order valence-electron chi connectivity index (χ3n) is 2.44. The number of nitrogens with one attached hydrogen (secondary N) is 1. The molecule has 2 atom stereocenters. The van der Waals surface area contributed by atoms with Crippen molar-refractivity contribution in [3.8, 4) is 6.07 Å². The number of hydrogen-bond acceptors (Lipinski definition) is 4. The molecular weight excluding hydrogens is 190 g/mol. The van der Waals surface area contributed by atoms with Gasteiger partial charge in [-0.15, -0.1) is 0 Å². The minimum absolute atomic E-state index is 0.103. The number of aliphatic hydroxyl groups excluding tert-OH is 1. The summed E-state index contributed by atoms with van der Waals surface area (Å²) in [6.45, 7) is 4.03. The molecule has 1 aromatic heterocycles. The maximum absolute atomic E-state index is 8.99. The topological polar surface area (TPSA) is 68.9 Å². The van der Waals surface area contributed by atoms with Crippen LogP contribution in [0.15, 0.2) is 18.3 Å². The molecule has 15 heavy (non-hydrogen) atoms. The highest BCUT2D eigenvalue weighted by Crippen LogP contribution is 2.15. The second-order valence-electron chi connectivity index (χ2n) is 3.60. The van der Waals surface area contributed by atoms with E-state index in [2.05, 4.69) is 10.3 Å². The molecule has 0 saturated carbocycles. The number of hydrogen-bond donors (Lipinski definition) is 2. The zero-order valence-electron chi connectivity index (χ0n) is 8.94. The average molecular weight is 205 g/mol. The lowest BCUT2D eigenvalue weighted by Gasteiger charge is -2.20. The van der Waals surface area contributed by atoms with E-state index >= 15 is 0 Å². The lowest BCUT2D eigenvalue weighted by Crippen LogP contribution is -2.26. The Balaban J connectivity index is 2.77. The van der Waals surface area contributed by atoms with Crippen molar-refractivity contribution < 1.29 is 5.11 Å². The summed E-state index contributed by atoms with van der Waals surface area (Å²) < 4.78 is 0. The van der Waals surface area contributed by atoms with Gasteiger partial charge in [0.25, 0.3) is 0 Å². The van der Waals surface area contributed by atoms with Gasteiger partial charge < -0.3 is 10.4 Å². The molecule has 0 saturated heterocycles. The lowest BCUT2D eigenvalue weighted by molar-refractivity contribution is 0.226. The van der Waals surface area contributed by atoms with Gasteiger partial charge in [-0.1, -0.05) is 6.92 Å². The summed E-state index contributed by atoms with van der Waals surface area (Å²) in [7, 11) is 0. The molecular formula is C11H15N3O. The smallest absolute Gasteiger partial charge is 0.163 e. The van der Waals surface area contributed by atoms with E-state index in [1.165, 1.54) is 0 Å². The number of aromatic nitrogens is 1. The third-order valence-corrected chi connectivity index (χ3v) is 2.44. The molecule has 0 aromatic carbocycles. The van der Waals surface area contributed by atoms with Gasteiger partial charge >= 0.3 is 0 Å². The minimum Gasteiger partial charge on any atom is -0.396 e. The number of nitriles is 1. The van der Waals surface area contributed by atoms with Gasteiger partial charge in [-0.05, 0) is 25.0 Å². The molecule has 1 heterocycles. The van der Waals surface area contributed by atoms with Crippen LogP contribution in [0.4, 0.5) is 5.69 Å². The number of rotatable bonds is 4. The molecule has 1 aromatic rings. The first kappa shape index (κ1) is 11.5. The van der Waals surface area contributed by atoms with Crippen molar-refractivity contribution in [3.05, 3.63) is 24.0 Å². The van der Waals surface area contributed by atoms with Crippen LogP contribution in [0.1, 0.15) is 19.5 Å². The Morgan fingerprint density at radius 1 is 1.60 bits per heavy atom. The van der Waals surface area contributed by atoms with E-state index in [1.54, 1.807) is 12.3 Å². The molecule has 0 aliphatic heterocycles. The second kappa shape index (κ2) is 5.32. The van der Waals surface area contributed by atoms with Crippen LogP contribution in [0, 0.1) is 17.2 Å². The van der Waals surface area contributed by atoms with E-state index in [0.29, 0.717) is 11.4 Å². The van der Waals surface area contributed by atoms with Gasteiger partial charge in [0.2, 0.25) is 0 Å². The number of anilines is 1. The van der Waals surface area contributed by atoms with Crippen molar-refractivity contribution in [2.75, 3.05) is 11.9 Å². The van der Waals surface area contributed by atoms with E-state index in [9.17, 15) is 0 Å². The van der Waals surface area contributed by atoms with Gasteiger partial charge in [0, 0.05) is 18.8 Å². The molecule has 0 spiro atoms. The van der Waals surface area contributed by atoms with Crippen molar-refractivity contribution in [2.45, 2.75) is 19.9 Å². The first-order valence-electron chi connectivity index (χ1n) is 4.91. The number of nitrogens with zero attached hydrogens (tertiary/aromatic N) is 2. The monoisotopic (exact) mass is 205 g/mol. The fourth-order valence-corrected chi connectivity index (χ4v) is 1.16. The molecule has 0 radical (unpaired) electrons. The molecule has 2 N–H and O–H groups in total. The van der Waals surface area contributed by atoms with E-state index in [-0.39, 0.29) is 18.6 Å². The Morgan fingerprint density at radius 2 is 2.33 bits per heavy atom. The quantitative estimate of drug-likeness (QED) is 0.779. The molecule has 80 valence electrons. The van der Waals surface area contributed by atoms with Gasteiger partial charge in [-0.3, -0.25) is 0 Å². The fraction of sp³-hybridized carbons (Fsp3) is 0.455. The zero-order chi connectivity index (χ0) is 11.3. The summed E-state index contributed by atoms with van der Waals surface area (Å²) in [5, 5.41) is 21.0. The summed E-state index contributed by atoms with van der Waals surface area (Å²) in [4.78, 5) is 3.95. The van der Waals surface area contributed by atoms with Gasteiger partial charge in [0.15, 0.2) is 5.69 Å². The number of aliphatic hydroxyl groups is 1. The zero-order valence-corrected chi connectivity index (χ0v) is 8.94. The van der Waals surface area contributed by atoms with E-state index in [0.717, 1.165) is 0 Å². The molecule has 4 nitrogen and oxygen atoms in total. The van der Waals surface area contributed by atoms with Gasteiger partial charge in [-0.2, -0.15) is 5.26 Å². The highest BCUT2D eigenvalue weighted by atomic mass is 16.3. The van der Waals surface area contributed by atoms with E-state index in [4.69, 9.17) is 10.4 Å². The molecule has 0 fully saturated rings. The van der Waals surface area contributed by atoms with Crippen molar-refractivity contribution in [2.24, 2.45) is 5.92 Å². The van der Waals surface area contributed by atoms with Gasteiger partial charge in [-0.25, -0.2) is 4.98 Å². The standard InChI is InChI=1S/C11H15N3O/c1-8(7-15)9(2)14-10-4-3-5-13-11(10)6-12/h3-5,8-9,14-15H,7H2,1-2H3. The van der Waals surface area contributed by atoms with Crippen LogP contribution in [0.25, 0.3) is 0 Å². The molecule has 0 aliphatic carbocycles. The van der Waals surface area contributed by atoms with Crippen LogP contribution >= 0.6 is 0 Å². The molecule has 0 bridgehead atoms. The summed E-state index contributed by atoms with van der Waals surface area (Å²) in [6.07, 6.45) is 1.59. The van der Waals surface area contributed by atoms with Crippen LogP contribution < -0.4 is 5.32 Å². The summed E-state index contributed by atoms with van der Waals surface area (Å²) in [6, 6.07) is 5.71. The van der Waals surface area contributed by atoms with Crippen molar-refractivity contribution in [3.63, 3.8) is 0 Å². The molecule has 2 unspecified atom stereocenters. The minimum atomic E-state index is 0.103. The maximum atomic E-state index is 8.99. The van der Waals surface area contributed by atoms with Gasteiger partial charge in [0.05, 0.1) is 5.69 Å². The maximum Gasteiger partial charge on any atom is 0.163 e. The molecule has 0 aliphatic rings. The predicted octanol–water partition coefficient (Wildman–Crippen LogP) is 1.38. The normalized spacial score (nSPS) is 14.0. The molecule has 0 amide bonds. The first-order valence-corrected chi connectivity index (χ1v) is 4.91. The SMILES string of the molecule is CC(CO)C(C)Nc1cccnc1C#N. The van der Waals surface area contributed by atoms with Crippen molar-refractivity contribution >= 4 is 5.69 Å². The Morgan fingerprint density at radius 3 is 2.93 bits per heavy atom. The second-order valence-corrected chi connectivity index (χ2v) is 3.60. The Hall–Kier alpha value is -1.60.